The Bertz CT molecular complexity index is 400. The van der Waals surface area contributed by atoms with E-state index >= 15 is 0 Å². The summed E-state index contributed by atoms with van der Waals surface area (Å²) in [4.78, 5) is 33.9. The molecule has 1 aliphatic carbocycles. The Morgan fingerprint density at radius 2 is 2.05 bits per heavy atom. The van der Waals surface area contributed by atoms with Gasteiger partial charge in [0.2, 0.25) is 5.91 Å². The molecule has 2 atom stereocenters. The molecule has 120 valence electrons. The third-order valence-corrected chi connectivity index (χ3v) is 3.90. The first-order valence-electron chi connectivity index (χ1n) is 7.43. The van der Waals surface area contributed by atoms with Crippen molar-refractivity contribution in [1.82, 2.24) is 10.6 Å². The Morgan fingerprint density at radius 1 is 1.33 bits per heavy atom. The van der Waals surface area contributed by atoms with Gasteiger partial charge in [0, 0.05) is 13.0 Å². The Labute approximate surface area is 124 Å². The molecule has 7 nitrogen and oxygen atoms in total. The van der Waals surface area contributed by atoms with Crippen LogP contribution in [0.15, 0.2) is 0 Å². The highest BCUT2D eigenvalue weighted by atomic mass is 16.4. The molecule has 0 aliphatic heterocycles. The van der Waals surface area contributed by atoms with Gasteiger partial charge in [-0.2, -0.15) is 0 Å². The average molecular weight is 299 g/mol. The quantitative estimate of drug-likeness (QED) is 0.523. The Hall–Kier alpha value is -1.79. The third kappa shape index (κ3) is 5.61. The molecule has 1 fully saturated rings. The largest absolute Gasteiger partial charge is 0.480 e. The van der Waals surface area contributed by atoms with Gasteiger partial charge in [0.15, 0.2) is 0 Å². The molecule has 0 aromatic carbocycles. The number of carboxylic acids is 1. The summed E-state index contributed by atoms with van der Waals surface area (Å²) in [6.45, 7) is 2.39. The SMILES string of the molecule is CC1CCCC(NC(=O)NCCCCC(N)=O)(C(=O)O)C1. The third-order valence-electron chi connectivity index (χ3n) is 3.90. The van der Waals surface area contributed by atoms with Gasteiger partial charge in [-0.25, -0.2) is 9.59 Å². The summed E-state index contributed by atoms with van der Waals surface area (Å²) in [7, 11) is 0. The van der Waals surface area contributed by atoms with Crippen LogP contribution in [-0.4, -0.2) is 35.1 Å². The molecule has 3 amide bonds. The molecule has 0 heterocycles. The van der Waals surface area contributed by atoms with E-state index in [9.17, 15) is 19.5 Å². The number of nitrogens with two attached hydrogens (primary N) is 1. The number of carbonyl (C=O) groups is 3. The van der Waals surface area contributed by atoms with E-state index in [2.05, 4.69) is 10.6 Å². The van der Waals surface area contributed by atoms with Crippen molar-refractivity contribution in [3.8, 4) is 0 Å². The lowest BCUT2D eigenvalue weighted by Crippen LogP contribution is -2.59. The zero-order valence-corrected chi connectivity index (χ0v) is 12.5. The number of unbranched alkanes of at least 4 members (excludes halogenated alkanes) is 1. The highest BCUT2D eigenvalue weighted by molar-refractivity contribution is 5.86. The monoisotopic (exact) mass is 299 g/mol. The van der Waals surface area contributed by atoms with Crippen molar-refractivity contribution in [2.24, 2.45) is 11.7 Å². The van der Waals surface area contributed by atoms with E-state index in [1.54, 1.807) is 0 Å². The van der Waals surface area contributed by atoms with Gasteiger partial charge in [-0.05, 0) is 31.6 Å². The smallest absolute Gasteiger partial charge is 0.329 e. The summed E-state index contributed by atoms with van der Waals surface area (Å²) >= 11 is 0. The van der Waals surface area contributed by atoms with Crippen LogP contribution in [0.4, 0.5) is 4.79 Å². The van der Waals surface area contributed by atoms with Gasteiger partial charge in [0.05, 0.1) is 0 Å². The zero-order chi connectivity index (χ0) is 15.9. The van der Waals surface area contributed by atoms with E-state index < -0.39 is 17.5 Å². The van der Waals surface area contributed by atoms with Gasteiger partial charge in [-0.1, -0.05) is 19.8 Å². The van der Waals surface area contributed by atoms with Crippen molar-refractivity contribution in [2.75, 3.05) is 6.54 Å². The fraction of sp³-hybridized carbons (Fsp3) is 0.786. The molecule has 0 aromatic rings. The van der Waals surface area contributed by atoms with E-state index in [1.807, 2.05) is 6.92 Å². The molecule has 0 spiro atoms. The number of aliphatic carboxylic acids is 1. The summed E-state index contributed by atoms with van der Waals surface area (Å²) < 4.78 is 0. The van der Waals surface area contributed by atoms with Crippen LogP contribution in [0.1, 0.15) is 51.9 Å². The van der Waals surface area contributed by atoms with Crippen LogP contribution in [0.3, 0.4) is 0 Å². The maximum absolute atomic E-state index is 11.8. The highest BCUT2D eigenvalue weighted by Gasteiger charge is 2.43. The van der Waals surface area contributed by atoms with Gasteiger partial charge in [0.25, 0.3) is 0 Å². The normalized spacial score (nSPS) is 25.1. The first-order valence-corrected chi connectivity index (χ1v) is 7.43. The van der Waals surface area contributed by atoms with E-state index in [0.29, 0.717) is 38.6 Å². The summed E-state index contributed by atoms with van der Waals surface area (Å²) in [5, 5.41) is 14.7. The number of carbonyl (C=O) groups excluding carboxylic acids is 2. The number of primary amides is 1. The fourth-order valence-electron chi connectivity index (χ4n) is 2.80. The summed E-state index contributed by atoms with van der Waals surface area (Å²) in [6, 6.07) is -0.467. The maximum Gasteiger partial charge on any atom is 0.329 e. The summed E-state index contributed by atoms with van der Waals surface area (Å²) in [5.74, 6) is -1.05. The standard InChI is InChI=1S/C14H25N3O4/c1-10-5-4-7-14(9-10,12(19)20)17-13(21)16-8-3-2-6-11(15)18/h10H,2-9H2,1H3,(H2,15,18)(H,19,20)(H2,16,17,21). The van der Waals surface area contributed by atoms with Crippen molar-refractivity contribution < 1.29 is 19.5 Å². The minimum absolute atomic E-state index is 0.283. The second-order valence-corrected chi connectivity index (χ2v) is 5.89. The zero-order valence-electron chi connectivity index (χ0n) is 12.5. The van der Waals surface area contributed by atoms with E-state index in [-0.39, 0.29) is 11.8 Å². The number of rotatable bonds is 7. The van der Waals surface area contributed by atoms with Crippen LogP contribution < -0.4 is 16.4 Å². The van der Waals surface area contributed by atoms with Crippen LogP contribution >= 0.6 is 0 Å². The number of urea groups is 1. The number of hydrogen-bond acceptors (Lipinski definition) is 3. The van der Waals surface area contributed by atoms with Crippen molar-refractivity contribution in [3.63, 3.8) is 0 Å². The summed E-state index contributed by atoms with van der Waals surface area (Å²) in [5.41, 5.74) is 3.86. The number of carboxylic acid groups (broad SMARTS) is 1. The minimum atomic E-state index is -1.16. The predicted octanol–water partition coefficient (Wildman–Crippen LogP) is 0.975. The van der Waals surface area contributed by atoms with Crippen molar-refractivity contribution in [2.45, 2.75) is 57.4 Å². The molecular formula is C14H25N3O4. The minimum Gasteiger partial charge on any atom is -0.480 e. The van der Waals surface area contributed by atoms with E-state index in [4.69, 9.17) is 5.73 Å². The van der Waals surface area contributed by atoms with Crippen LogP contribution in [0, 0.1) is 5.92 Å². The molecule has 0 aromatic heterocycles. The molecule has 21 heavy (non-hydrogen) atoms. The molecule has 5 N–H and O–H groups in total. The second kappa shape index (κ2) is 7.85. The highest BCUT2D eigenvalue weighted by Crippen LogP contribution is 2.32. The lowest BCUT2D eigenvalue weighted by Gasteiger charge is -2.37. The second-order valence-electron chi connectivity index (χ2n) is 5.89. The number of nitrogens with one attached hydrogen (secondary N) is 2. The molecule has 1 rings (SSSR count). The van der Waals surface area contributed by atoms with Crippen LogP contribution in [0.2, 0.25) is 0 Å². The lowest BCUT2D eigenvalue weighted by molar-refractivity contribution is -0.146. The van der Waals surface area contributed by atoms with Gasteiger partial charge >= 0.3 is 12.0 Å². The van der Waals surface area contributed by atoms with Crippen LogP contribution in [0.5, 0.6) is 0 Å². The predicted molar refractivity (Wildman–Crippen MR) is 77.6 cm³/mol. The molecule has 0 radical (unpaired) electrons. The molecule has 7 heteroatoms. The van der Waals surface area contributed by atoms with Gasteiger partial charge in [0.1, 0.15) is 5.54 Å². The summed E-state index contributed by atoms with van der Waals surface area (Å²) in [6.07, 6.45) is 4.24. The molecule has 0 bridgehead atoms. The van der Waals surface area contributed by atoms with Gasteiger partial charge < -0.3 is 21.5 Å². The van der Waals surface area contributed by atoms with Crippen LogP contribution in [0.25, 0.3) is 0 Å². The number of amides is 3. The van der Waals surface area contributed by atoms with Crippen molar-refractivity contribution in [1.29, 1.82) is 0 Å². The van der Waals surface area contributed by atoms with Crippen LogP contribution in [-0.2, 0) is 9.59 Å². The Kier molecular flexibility index (Phi) is 6.45. The topological polar surface area (TPSA) is 122 Å². The number of hydrogen-bond donors (Lipinski definition) is 4. The maximum atomic E-state index is 11.8. The Morgan fingerprint density at radius 3 is 2.62 bits per heavy atom. The first kappa shape index (κ1) is 17.3. The van der Waals surface area contributed by atoms with Crippen molar-refractivity contribution in [3.05, 3.63) is 0 Å². The lowest BCUT2D eigenvalue weighted by atomic mass is 9.76. The molecular weight excluding hydrogens is 274 g/mol. The van der Waals surface area contributed by atoms with Gasteiger partial charge in [-0.3, -0.25) is 4.79 Å². The molecule has 2 unspecified atom stereocenters. The Balaban J connectivity index is 2.39. The average Bonchev–Trinajstić information content (AvgIpc) is 2.37. The van der Waals surface area contributed by atoms with Crippen molar-refractivity contribution >= 4 is 17.9 Å². The van der Waals surface area contributed by atoms with E-state index in [1.165, 1.54) is 0 Å². The van der Waals surface area contributed by atoms with Gasteiger partial charge in [-0.15, -0.1) is 0 Å². The molecule has 1 saturated carbocycles. The molecule has 1 aliphatic rings. The molecule has 0 saturated heterocycles. The van der Waals surface area contributed by atoms with E-state index in [0.717, 1.165) is 12.8 Å². The fourth-order valence-corrected chi connectivity index (χ4v) is 2.80. The first-order chi connectivity index (χ1) is 9.85.